The lowest BCUT2D eigenvalue weighted by Crippen LogP contribution is -2.48. The molecule has 0 aromatic carbocycles. The summed E-state index contributed by atoms with van der Waals surface area (Å²) in [6, 6.07) is 0.971. The molecule has 5 heteroatoms. The van der Waals surface area contributed by atoms with Crippen LogP contribution >= 0.6 is 0 Å². The van der Waals surface area contributed by atoms with Gasteiger partial charge in [0.2, 0.25) is 0 Å². The minimum atomic E-state index is -0.0562. The summed E-state index contributed by atoms with van der Waals surface area (Å²) in [5, 5.41) is 12.0. The first-order valence-electron chi connectivity index (χ1n) is 8.46. The van der Waals surface area contributed by atoms with E-state index in [2.05, 4.69) is 17.1 Å². The Morgan fingerprint density at radius 2 is 1.81 bits per heavy atom. The number of hydrogen-bond acceptors (Lipinski definition) is 3. The molecule has 1 saturated heterocycles. The highest BCUT2D eigenvalue weighted by Gasteiger charge is 2.28. The smallest absolute Gasteiger partial charge is 0.317 e. The molecular formula is C16H31N3O2. The lowest BCUT2D eigenvalue weighted by Gasteiger charge is -2.40. The van der Waals surface area contributed by atoms with Crippen molar-refractivity contribution in [3.05, 3.63) is 0 Å². The molecule has 1 heterocycles. The minimum Gasteiger partial charge on any atom is -0.395 e. The quantitative estimate of drug-likeness (QED) is 0.830. The number of aliphatic hydroxyl groups excluding tert-OH is 1. The second kappa shape index (κ2) is 7.99. The molecule has 1 aliphatic heterocycles. The zero-order valence-electron chi connectivity index (χ0n) is 13.6. The molecule has 2 N–H and O–H groups in total. The Morgan fingerprint density at radius 3 is 2.38 bits per heavy atom. The highest BCUT2D eigenvalue weighted by atomic mass is 16.3. The van der Waals surface area contributed by atoms with Crippen molar-refractivity contribution in [3.63, 3.8) is 0 Å². The molecule has 0 bridgehead atoms. The number of nitrogens with zero attached hydrogens (tertiary/aromatic N) is 2. The summed E-state index contributed by atoms with van der Waals surface area (Å²) in [4.78, 5) is 16.1. The Labute approximate surface area is 128 Å². The predicted molar refractivity (Wildman–Crippen MR) is 84.3 cm³/mol. The summed E-state index contributed by atoms with van der Waals surface area (Å²) in [5.74, 6) is 0.888. The van der Waals surface area contributed by atoms with E-state index >= 15 is 0 Å². The van der Waals surface area contributed by atoms with Crippen molar-refractivity contribution in [3.8, 4) is 0 Å². The summed E-state index contributed by atoms with van der Waals surface area (Å²) in [7, 11) is 1.73. The third-order valence-electron chi connectivity index (χ3n) is 5.14. The van der Waals surface area contributed by atoms with Crippen LogP contribution in [0.5, 0.6) is 0 Å². The zero-order chi connectivity index (χ0) is 15.2. The Morgan fingerprint density at radius 1 is 1.19 bits per heavy atom. The lowest BCUT2D eigenvalue weighted by molar-refractivity contribution is 0.103. The number of piperidine rings is 1. The second-order valence-corrected chi connectivity index (χ2v) is 6.82. The van der Waals surface area contributed by atoms with E-state index in [1.165, 1.54) is 38.8 Å². The van der Waals surface area contributed by atoms with E-state index in [4.69, 9.17) is 5.11 Å². The van der Waals surface area contributed by atoms with Crippen LogP contribution in [0, 0.1) is 5.92 Å². The number of aliphatic hydroxyl groups is 1. The number of carbonyl (C=O) groups is 1. The maximum Gasteiger partial charge on any atom is 0.317 e. The Bertz CT molecular complexity index is 321. The first-order chi connectivity index (χ1) is 10.1. The molecule has 1 aliphatic carbocycles. The van der Waals surface area contributed by atoms with Crippen LogP contribution in [0.3, 0.4) is 0 Å². The van der Waals surface area contributed by atoms with Gasteiger partial charge in [-0.1, -0.05) is 6.92 Å². The number of amides is 2. The summed E-state index contributed by atoms with van der Waals surface area (Å²) in [6.45, 7) is 5.27. The molecule has 21 heavy (non-hydrogen) atoms. The Balaban J connectivity index is 1.69. The number of carbonyl (C=O) groups excluding carboxylic acids is 1. The van der Waals surface area contributed by atoms with Crippen LogP contribution in [-0.4, -0.2) is 66.3 Å². The average molecular weight is 297 g/mol. The fourth-order valence-electron chi connectivity index (χ4n) is 3.52. The van der Waals surface area contributed by atoms with Crippen LogP contribution in [0.1, 0.15) is 45.4 Å². The zero-order valence-corrected chi connectivity index (χ0v) is 13.6. The van der Waals surface area contributed by atoms with Gasteiger partial charge in [0, 0.05) is 25.7 Å². The molecule has 0 unspecified atom stereocenters. The maximum absolute atomic E-state index is 11.9. The van der Waals surface area contributed by atoms with Crippen LogP contribution in [0.2, 0.25) is 0 Å². The van der Waals surface area contributed by atoms with E-state index in [1.807, 2.05) is 0 Å². The number of likely N-dealkylation sites (N-methyl/N-ethyl adjacent to an activating group) is 1. The van der Waals surface area contributed by atoms with Gasteiger partial charge in [0.15, 0.2) is 0 Å². The third kappa shape index (κ3) is 4.85. The second-order valence-electron chi connectivity index (χ2n) is 6.82. The summed E-state index contributed by atoms with van der Waals surface area (Å²) >= 11 is 0. The molecule has 0 atom stereocenters. The summed E-state index contributed by atoms with van der Waals surface area (Å²) in [6.07, 6.45) is 7.22. The van der Waals surface area contributed by atoms with Crippen molar-refractivity contribution in [2.24, 2.45) is 5.92 Å². The highest BCUT2D eigenvalue weighted by Crippen LogP contribution is 2.27. The molecule has 2 rings (SSSR count). The van der Waals surface area contributed by atoms with Gasteiger partial charge >= 0.3 is 6.03 Å². The molecule has 122 valence electrons. The SMILES string of the molecule is CC1CCN(C2CCC(NC(=O)N(C)CCO)CC2)CC1. The van der Waals surface area contributed by atoms with E-state index < -0.39 is 0 Å². The number of rotatable bonds is 4. The standard InChI is InChI=1S/C16H31N3O2/c1-13-7-9-19(10-8-13)15-5-3-14(4-6-15)17-16(21)18(2)11-12-20/h13-15,20H,3-12H2,1-2H3,(H,17,21). The van der Waals surface area contributed by atoms with Crippen molar-refractivity contribution >= 4 is 6.03 Å². The Kier molecular flexibility index (Phi) is 6.30. The first kappa shape index (κ1) is 16.6. The van der Waals surface area contributed by atoms with Crippen LogP contribution in [0.25, 0.3) is 0 Å². The molecule has 0 spiro atoms. The van der Waals surface area contributed by atoms with Crippen LogP contribution in [-0.2, 0) is 0 Å². The molecule has 0 aromatic rings. The van der Waals surface area contributed by atoms with E-state index in [-0.39, 0.29) is 12.6 Å². The van der Waals surface area contributed by atoms with Gasteiger partial charge in [-0.15, -0.1) is 0 Å². The topological polar surface area (TPSA) is 55.8 Å². The fraction of sp³-hybridized carbons (Fsp3) is 0.938. The third-order valence-corrected chi connectivity index (χ3v) is 5.14. The molecule has 2 fully saturated rings. The summed E-state index contributed by atoms with van der Waals surface area (Å²) < 4.78 is 0. The first-order valence-corrected chi connectivity index (χ1v) is 8.46. The Hall–Kier alpha value is -0.810. The van der Waals surface area contributed by atoms with E-state index in [9.17, 15) is 4.79 Å². The van der Waals surface area contributed by atoms with Gasteiger partial charge in [-0.25, -0.2) is 4.79 Å². The minimum absolute atomic E-state index is 0.0179. The van der Waals surface area contributed by atoms with Gasteiger partial charge < -0.3 is 20.2 Å². The molecular weight excluding hydrogens is 266 g/mol. The van der Waals surface area contributed by atoms with Crippen molar-refractivity contribution in [1.82, 2.24) is 15.1 Å². The van der Waals surface area contributed by atoms with Crippen molar-refractivity contribution in [2.75, 3.05) is 33.3 Å². The molecule has 0 radical (unpaired) electrons. The van der Waals surface area contributed by atoms with E-state index in [0.717, 1.165) is 24.8 Å². The fourth-order valence-corrected chi connectivity index (χ4v) is 3.52. The van der Waals surface area contributed by atoms with Gasteiger partial charge in [-0.05, 0) is 57.5 Å². The highest BCUT2D eigenvalue weighted by molar-refractivity contribution is 5.74. The molecule has 5 nitrogen and oxygen atoms in total. The number of hydrogen-bond donors (Lipinski definition) is 2. The van der Waals surface area contributed by atoms with Crippen LogP contribution in [0.15, 0.2) is 0 Å². The van der Waals surface area contributed by atoms with Crippen LogP contribution in [0.4, 0.5) is 4.79 Å². The van der Waals surface area contributed by atoms with Crippen LogP contribution < -0.4 is 5.32 Å². The van der Waals surface area contributed by atoms with Crippen molar-refractivity contribution < 1.29 is 9.90 Å². The molecule has 2 aliphatic rings. The van der Waals surface area contributed by atoms with E-state index in [0.29, 0.717) is 12.6 Å². The van der Waals surface area contributed by atoms with Crippen molar-refractivity contribution in [1.29, 1.82) is 0 Å². The number of likely N-dealkylation sites (tertiary alicyclic amines) is 1. The predicted octanol–water partition coefficient (Wildman–Crippen LogP) is 1.66. The van der Waals surface area contributed by atoms with Gasteiger partial charge in [-0.2, -0.15) is 0 Å². The number of nitrogens with one attached hydrogen (secondary N) is 1. The summed E-state index contributed by atoms with van der Waals surface area (Å²) in [5.41, 5.74) is 0. The maximum atomic E-state index is 11.9. The largest absolute Gasteiger partial charge is 0.395 e. The van der Waals surface area contributed by atoms with Gasteiger partial charge in [0.25, 0.3) is 0 Å². The monoisotopic (exact) mass is 297 g/mol. The van der Waals surface area contributed by atoms with E-state index in [1.54, 1.807) is 11.9 Å². The lowest BCUT2D eigenvalue weighted by atomic mass is 9.88. The van der Waals surface area contributed by atoms with Gasteiger partial charge in [0.1, 0.15) is 0 Å². The van der Waals surface area contributed by atoms with Gasteiger partial charge in [0.05, 0.1) is 6.61 Å². The van der Waals surface area contributed by atoms with Crippen molar-refractivity contribution in [2.45, 2.75) is 57.5 Å². The molecule has 0 aromatic heterocycles. The van der Waals surface area contributed by atoms with Gasteiger partial charge in [-0.3, -0.25) is 0 Å². The normalized spacial score (nSPS) is 28.3. The number of urea groups is 1. The molecule has 2 amide bonds. The average Bonchev–Trinajstić information content (AvgIpc) is 2.49. The molecule has 1 saturated carbocycles.